The first-order valence-corrected chi connectivity index (χ1v) is 4.39. The van der Waals surface area contributed by atoms with E-state index in [2.05, 4.69) is 0 Å². The molecule has 2 nitrogen and oxygen atoms in total. The maximum Gasteiger partial charge on any atom is 0.160 e. The Bertz CT molecular complexity index is 399. The van der Waals surface area contributed by atoms with Gasteiger partial charge in [0.25, 0.3) is 0 Å². The van der Waals surface area contributed by atoms with Crippen molar-refractivity contribution in [3.8, 4) is 6.07 Å². The van der Waals surface area contributed by atoms with Crippen molar-refractivity contribution in [3.05, 3.63) is 41.5 Å². The number of benzene rings is 1. The highest BCUT2D eigenvalue weighted by Gasteiger charge is 2.02. The van der Waals surface area contributed by atoms with Crippen LogP contribution in [0.1, 0.15) is 29.3 Å². The summed E-state index contributed by atoms with van der Waals surface area (Å²) in [6, 6.07) is 9.37. The summed E-state index contributed by atoms with van der Waals surface area (Å²) in [6.45, 7) is 1.54. The maximum atomic E-state index is 11.2. The molecule has 1 rings (SSSR count). The van der Waals surface area contributed by atoms with Crippen LogP contribution in [0.5, 0.6) is 0 Å². The highest BCUT2D eigenvalue weighted by Crippen LogP contribution is 2.11. The van der Waals surface area contributed by atoms with Crippen molar-refractivity contribution >= 4 is 11.9 Å². The minimum Gasteiger partial charge on any atom is -0.294 e. The number of ketones is 1. The SMILES string of the molecule is CC(=O)c1ccccc1C=CCC#N. The van der Waals surface area contributed by atoms with Gasteiger partial charge in [-0.1, -0.05) is 36.4 Å². The van der Waals surface area contributed by atoms with Crippen molar-refractivity contribution in [2.75, 3.05) is 0 Å². The zero-order chi connectivity index (χ0) is 10.4. The second-order valence-electron chi connectivity index (χ2n) is 2.91. The number of nitriles is 1. The quantitative estimate of drug-likeness (QED) is 0.679. The Balaban J connectivity index is 2.97. The predicted octanol–water partition coefficient (Wildman–Crippen LogP) is 2.82. The van der Waals surface area contributed by atoms with Gasteiger partial charge in [0.15, 0.2) is 5.78 Å². The van der Waals surface area contributed by atoms with Crippen molar-refractivity contribution < 1.29 is 4.79 Å². The second kappa shape index (κ2) is 4.98. The topological polar surface area (TPSA) is 40.9 Å². The van der Waals surface area contributed by atoms with E-state index in [1.807, 2.05) is 24.3 Å². The molecule has 1 aromatic carbocycles. The fourth-order valence-corrected chi connectivity index (χ4v) is 1.20. The largest absolute Gasteiger partial charge is 0.294 e. The molecular weight excluding hydrogens is 174 g/mol. The van der Waals surface area contributed by atoms with E-state index in [1.54, 1.807) is 18.2 Å². The normalized spacial score (nSPS) is 10.0. The molecule has 2 heteroatoms. The van der Waals surface area contributed by atoms with Gasteiger partial charge in [0.1, 0.15) is 0 Å². The summed E-state index contributed by atoms with van der Waals surface area (Å²) in [5.41, 5.74) is 1.57. The van der Waals surface area contributed by atoms with Crippen LogP contribution < -0.4 is 0 Å². The van der Waals surface area contributed by atoms with Gasteiger partial charge in [0, 0.05) is 5.56 Å². The molecule has 0 aliphatic rings. The number of hydrogen-bond donors (Lipinski definition) is 0. The molecule has 1 aromatic rings. The number of rotatable bonds is 3. The first kappa shape index (κ1) is 10.2. The van der Waals surface area contributed by atoms with Crippen LogP contribution in [0.25, 0.3) is 6.08 Å². The summed E-state index contributed by atoms with van der Waals surface area (Å²) in [5, 5.41) is 8.35. The van der Waals surface area contributed by atoms with Crippen molar-refractivity contribution in [1.82, 2.24) is 0 Å². The lowest BCUT2D eigenvalue weighted by atomic mass is 10.0. The molecule has 0 spiro atoms. The fraction of sp³-hybridized carbons (Fsp3) is 0.167. The van der Waals surface area contributed by atoms with Crippen LogP contribution in [0.15, 0.2) is 30.3 Å². The lowest BCUT2D eigenvalue weighted by Gasteiger charge is -2.00. The Labute approximate surface area is 83.5 Å². The van der Waals surface area contributed by atoms with E-state index in [0.717, 1.165) is 5.56 Å². The van der Waals surface area contributed by atoms with Gasteiger partial charge in [-0.25, -0.2) is 0 Å². The molecule has 0 fully saturated rings. The van der Waals surface area contributed by atoms with Crippen LogP contribution in [0.4, 0.5) is 0 Å². The summed E-state index contributed by atoms with van der Waals surface area (Å²) < 4.78 is 0. The molecule has 0 saturated carbocycles. The number of carbonyl (C=O) groups excluding carboxylic acids is 1. The summed E-state index contributed by atoms with van der Waals surface area (Å²) in [6.07, 6.45) is 3.92. The van der Waals surface area contributed by atoms with Crippen LogP contribution in [0.3, 0.4) is 0 Å². The molecule has 0 radical (unpaired) electrons. The molecule has 0 N–H and O–H groups in total. The Morgan fingerprint density at radius 3 is 2.86 bits per heavy atom. The van der Waals surface area contributed by atoms with E-state index in [-0.39, 0.29) is 5.78 Å². The van der Waals surface area contributed by atoms with E-state index in [0.29, 0.717) is 12.0 Å². The lowest BCUT2D eigenvalue weighted by Crippen LogP contribution is -1.94. The van der Waals surface area contributed by atoms with Gasteiger partial charge in [-0.05, 0) is 12.5 Å². The van der Waals surface area contributed by atoms with Crippen molar-refractivity contribution in [2.45, 2.75) is 13.3 Å². The molecule has 0 saturated heterocycles. The van der Waals surface area contributed by atoms with Crippen molar-refractivity contribution in [3.63, 3.8) is 0 Å². The number of allylic oxidation sites excluding steroid dienone is 1. The highest BCUT2D eigenvalue weighted by molar-refractivity contribution is 5.97. The van der Waals surface area contributed by atoms with Gasteiger partial charge >= 0.3 is 0 Å². The van der Waals surface area contributed by atoms with E-state index in [1.165, 1.54) is 6.92 Å². The van der Waals surface area contributed by atoms with E-state index >= 15 is 0 Å². The number of carbonyl (C=O) groups is 1. The predicted molar refractivity (Wildman–Crippen MR) is 55.7 cm³/mol. The summed E-state index contributed by atoms with van der Waals surface area (Å²) in [5.74, 6) is 0.0437. The summed E-state index contributed by atoms with van der Waals surface area (Å²) >= 11 is 0. The molecule has 70 valence electrons. The van der Waals surface area contributed by atoms with Crippen molar-refractivity contribution in [1.29, 1.82) is 5.26 Å². The smallest absolute Gasteiger partial charge is 0.160 e. The zero-order valence-electron chi connectivity index (χ0n) is 8.03. The first-order valence-electron chi connectivity index (χ1n) is 4.39. The minimum absolute atomic E-state index is 0.0437. The molecule has 0 heterocycles. The van der Waals surface area contributed by atoms with E-state index in [9.17, 15) is 4.79 Å². The summed E-state index contributed by atoms with van der Waals surface area (Å²) in [4.78, 5) is 11.2. The molecule has 0 bridgehead atoms. The maximum absolute atomic E-state index is 11.2. The van der Waals surface area contributed by atoms with Gasteiger partial charge in [-0.3, -0.25) is 4.79 Å². The molecule has 0 aliphatic carbocycles. The minimum atomic E-state index is 0.0437. The van der Waals surface area contributed by atoms with Crippen LogP contribution >= 0.6 is 0 Å². The first-order chi connectivity index (χ1) is 6.75. The Morgan fingerprint density at radius 1 is 1.50 bits per heavy atom. The average Bonchev–Trinajstić information content (AvgIpc) is 2.19. The van der Waals surface area contributed by atoms with Crippen LogP contribution in [0, 0.1) is 11.3 Å². The van der Waals surface area contributed by atoms with Gasteiger partial charge in [0.05, 0.1) is 12.5 Å². The Kier molecular flexibility index (Phi) is 3.63. The van der Waals surface area contributed by atoms with Gasteiger partial charge in [0.2, 0.25) is 0 Å². The average molecular weight is 185 g/mol. The van der Waals surface area contributed by atoms with Crippen molar-refractivity contribution in [2.24, 2.45) is 0 Å². The van der Waals surface area contributed by atoms with Gasteiger partial charge < -0.3 is 0 Å². The second-order valence-corrected chi connectivity index (χ2v) is 2.91. The third-order valence-electron chi connectivity index (χ3n) is 1.85. The molecule has 14 heavy (non-hydrogen) atoms. The molecule has 0 unspecified atom stereocenters. The van der Waals surface area contributed by atoms with E-state index < -0.39 is 0 Å². The van der Waals surface area contributed by atoms with Crippen LogP contribution in [0.2, 0.25) is 0 Å². The Hall–Kier alpha value is -1.88. The Morgan fingerprint density at radius 2 is 2.21 bits per heavy atom. The monoisotopic (exact) mass is 185 g/mol. The van der Waals surface area contributed by atoms with Crippen LogP contribution in [-0.4, -0.2) is 5.78 Å². The fourth-order valence-electron chi connectivity index (χ4n) is 1.20. The molecule has 0 amide bonds. The van der Waals surface area contributed by atoms with Gasteiger partial charge in [-0.2, -0.15) is 5.26 Å². The number of nitrogens with zero attached hydrogens (tertiary/aromatic N) is 1. The third-order valence-corrected chi connectivity index (χ3v) is 1.85. The van der Waals surface area contributed by atoms with Crippen LogP contribution in [-0.2, 0) is 0 Å². The molecule has 0 aromatic heterocycles. The molecule has 0 atom stereocenters. The zero-order valence-corrected chi connectivity index (χ0v) is 8.03. The molecular formula is C12H11NO. The summed E-state index contributed by atoms with van der Waals surface area (Å²) in [7, 11) is 0. The lowest BCUT2D eigenvalue weighted by molar-refractivity contribution is 0.101. The van der Waals surface area contributed by atoms with E-state index in [4.69, 9.17) is 5.26 Å². The standard InChI is InChI=1S/C12H11NO/c1-10(14)12-8-3-2-6-11(12)7-4-5-9-13/h2-4,6-8H,5H2,1H3. The van der Waals surface area contributed by atoms with Gasteiger partial charge in [-0.15, -0.1) is 0 Å². The number of hydrogen-bond acceptors (Lipinski definition) is 2. The third kappa shape index (κ3) is 2.56. The highest BCUT2D eigenvalue weighted by atomic mass is 16.1. The molecule has 0 aliphatic heterocycles. The number of Topliss-reactive ketones (excluding diaryl/α,β-unsaturated/α-hetero) is 1.